The second-order valence-electron chi connectivity index (χ2n) is 7.54. The highest BCUT2D eigenvalue weighted by Crippen LogP contribution is 2.31. The van der Waals surface area contributed by atoms with E-state index < -0.39 is 0 Å². The summed E-state index contributed by atoms with van der Waals surface area (Å²) >= 11 is 1.27. The first kappa shape index (κ1) is 22.6. The zero-order valence-electron chi connectivity index (χ0n) is 18.3. The molecule has 1 aromatic heterocycles. The van der Waals surface area contributed by atoms with Gasteiger partial charge in [-0.3, -0.25) is 14.2 Å². The van der Waals surface area contributed by atoms with Gasteiger partial charge in [0.2, 0.25) is 5.91 Å². The highest BCUT2D eigenvalue weighted by atomic mass is 32.2. The van der Waals surface area contributed by atoms with Crippen LogP contribution >= 0.6 is 11.8 Å². The summed E-state index contributed by atoms with van der Waals surface area (Å²) in [7, 11) is 1.61. The van der Waals surface area contributed by atoms with E-state index in [2.05, 4.69) is 27.4 Å². The summed E-state index contributed by atoms with van der Waals surface area (Å²) in [5.74, 6) is 1.02. The smallest absolute Gasteiger partial charge is 0.253 e. The van der Waals surface area contributed by atoms with Crippen LogP contribution in [0.3, 0.4) is 0 Å². The molecule has 33 heavy (non-hydrogen) atoms. The number of hydrogen-bond acceptors (Lipinski definition) is 6. The van der Waals surface area contributed by atoms with E-state index in [0.29, 0.717) is 34.5 Å². The molecule has 1 aliphatic carbocycles. The fourth-order valence-corrected chi connectivity index (χ4v) is 4.06. The largest absolute Gasteiger partial charge is 0.496 e. The topological polar surface area (TPSA) is 98.1 Å². The van der Waals surface area contributed by atoms with Crippen LogP contribution in [0.25, 0.3) is 11.4 Å². The zero-order chi connectivity index (χ0) is 23.2. The fraction of sp³-hybridized carbons (Fsp3) is 0.250. The SMILES string of the molecule is C=CCn1c(SCC(=O)Nc2ccccc2C(=O)NC2CC2)nnc1-c1ccccc1OC. The maximum absolute atomic E-state index is 12.7. The van der Waals surface area contributed by atoms with Gasteiger partial charge in [0.25, 0.3) is 5.91 Å². The van der Waals surface area contributed by atoms with Gasteiger partial charge in [-0.05, 0) is 37.1 Å². The first-order valence-corrected chi connectivity index (χ1v) is 11.6. The Kier molecular flexibility index (Phi) is 7.09. The Morgan fingerprint density at radius 2 is 1.94 bits per heavy atom. The maximum atomic E-state index is 12.7. The molecule has 8 nitrogen and oxygen atoms in total. The number of methoxy groups -OCH3 is 1. The van der Waals surface area contributed by atoms with Crippen LogP contribution in [0.4, 0.5) is 5.69 Å². The number of amides is 2. The van der Waals surface area contributed by atoms with Gasteiger partial charge in [-0.25, -0.2) is 0 Å². The molecule has 1 aliphatic rings. The number of nitrogens with one attached hydrogen (secondary N) is 2. The van der Waals surface area contributed by atoms with Crippen LogP contribution < -0.4 is 15.4 Å². The van der Waals surface area contributed by atoms with Crippen molar-refractivity contribution in [1.29, 1.82) is 0 Å². The molecule has 2 N–H and O–H groups in total. The lowest BCUT2D eigenvalue weighted by Crippen LogP contribution is -2.27. The van der Waals surface area contributed by atoms with Gasteiger partial charge in [-0.2, -0.15) is 0 Å². The van der Waals surface area contributed by atoms with Crippen LogP contribution in [0.1, 0.15) is 23.2 Å². The predicted molar refractivity (Wildman–Crippen MR) is 128 cm³/mol. The standard InChI is InChI=1S/C24H25N5O3S/c1-3-14-29-22(18-9-5-7-11-20(18)32-2)27-28-24(29)33-15-21(30)26-19-10-6-4-8-17(19)23(31)25-16-12-13-16/h3-11,16H,1,12-15H2,2H3,(H,25,31)(H,26,30). The highest BCUT2D eigenvalue weighted by Gasteiger charge is 2.25. The molecule has 3 aromatic rings. The Morgan fingerprint density at radius 3 is 2.70 bits per heavy atom. The number of rotatable bonds is 10. The van der Waals surface area contributed by atoms with E-state index in [9.17, 15) is 9.59 Å². The number of thioether (sulfide) groups is 1. The van der Waals surface area contributed by atoms with Gasteiger partial charge in [0.05, 0.1) is 29.7 Å². The van der Waals surface area contributed by atoms with Crippen molar-refractivity contribution in [3.63, 3.8) is 0 Å². The molecule has 0 bridgehead atoms. The molecule has 0 saturated heterocycles. The molecule has 0 spiro atoms. The van der Waals surface area contributed by atoms with Gasteiger partial charge in [0.15, 0.2) is 11.0 Å². The Hall–Kier alpha value is -3.59. The molecule has 0 aliphatic heterocycles. The summed E-state index contributed by atoms with van der Waals surface area (Å²) in [4.78, 5) is 25.2. The molecule has 0 atom stereocenters. The zero-order valence-corrected chi connectivity index (χ0v) is 19.1. The van der Waals surface area contributed by atoms with Crippen molar-refractivity contribution in [1.82, 2.24) is 20.1 Å². The number of aromatic nitrogens is 3. The van der Waals surface area contributed by atoms with E-state index in [1.807, 2.05) is 28.8 Å². The third kappa shape index (κ3) is 5.43. The van der Waals surface area contributed by atoms with Crippen LogP contribution in [-0.4, -0.2) is 45.5 Å². The molecule has 2 amide bonds. The molecule has 0 radical (unpaired) electrons. The number of ether oxygens (including phenoxy) is 1. The summed E-state index contributed by atoms with van der Waals surface area (Å²) < 4.78 is 7.34. The summed E-state index contributed by atoms with van der Waals surface area (Å²) in [5.41, 5.74) is 1.75. The quantitative estimate of drug-likeness (QED) is 0.351. The van der Waals surface area contributed by atoms with Crippen LogP contribution in [0.2, 0.25) is 0 Å². The minimum absolute atomic E-state index is 0.111. The third-order valence-corrected chi connectivity index (χ3v) is 6.03. The van der Waals surface area contributed by atoms with Crippen molar-refractivity contribution < 1.29 is 14.3 Å². The molecular formula is C24H25N5O3S. The number of para-hydroxylation sites is 2. The van der Waals surface area contributed by atoms with Crippen molar-refractivity contribution in [2.75, 3.05) is 18.2 Å². The number of anilines is 1. The number of carbonyl (C=O) groups is 2. The molecule has 4 rings (SSSR count). The van der Waals surface area contributed by atoms with Crippen LogP contribution in [0, 0.1) is 0 Å². The normalized spacial score (nSPS) is 12.8. The van der Waals surface area contributed by atoms with Gasteiger partial charge in [0, 0.05) is 12.6 Å². The summed E-state index contributed by atoms with van der Waals surface area (Å²) in [6.07, 6.45) is 3.75. The molecule has 0 unspecified atom stereocenters. The van der Waals surface area contributed by atoms with Crippen molar-refractivity contribution in [2.45, 2.75) is 30.6 Å². The van der Waals surface area contributed by atoms with Crippen molar-refractivity contribution in [3.8, 4) is 17.1 Å². The van der Waals surface area contributed by atoms with Crippen LogP contribution in [0.15, 0.2) is 66.3 Å². The van der Waals surface area contributed by atoms with E-state index >= 15 is 0 Å². The molecule has 170 valence electrons. The molecule has 2 aromatic carbocycles. The molecule has 9 heteroatoms. The summed E-state index contributed by atoms with van der Waals surface area (Å²) in [6.45, 7) is 4.30. The molecule has 1 saturated carbocycles. The van der Waals surface area contributed by atoms with E-state index in [1.54, 1.807) is 37.5 Å². The van der Waals surface area contributed by atoms with Crippen LogP contribution in [0.5, 0.6) is 5.75 Å². The Balaban J connectivity index is 1.46. The average molecular weight is 464 g/mol. The lowest BCUT2D eigenvalue weighted by Gasteiger charge is -2.12. The lowest BCUT2D eigenvalue weighted by molar-refractivity contribution is -0.113. The van der Waals surface area contributed by atoms with Gasteiger partial charge in [-0.1, -0.05) is 42.1 Å². The Morgan fingerprint density at radius 1 is 1.18 bits per heavy atom. The maximum Gasteiger partial charge on any atom is 0.253 e. The minimum atomic E-state index is -0.237. The van der Waals surface area contributed by atoms with Gasteiger partial charge in [-0.15, -0.1) is 16.8 Å². The molecular weight excluding hydrogens is 438 g/mol. The van der Waals surface area contributed by atoms with Gasteiger partial charge >= 0.3 is 0 Å². The van der Waals surface area contributed by atoms with Crippen molar-refractivity contribution >= 4 is 29.3 Å². The molecule has 1 fully saturated rings. The number of nitrogens with zero attached hydrogens (tertiary/aromatic N) is 3. The monoisotopic (exact) mass is 463 g/mol. The predicted octanol–water partition coefficient (Wildman–Crippen LogP) is 3.76. The van der Waals surface area contributed by atoms with E-state index in [4.69, 9.17) is 4.74 Å². The second kappa shape index (κ2) is 10.4. The average Bonchev–Trinajstić information content (AvgIpc) is 3.56. The lowest BCUT2D eigenvalue weighted by atomic mass is 10.1. The Bertz CT molecular complexity index is 1170. The van der Waals surface area contributed by atoms with Crippen molar-refractivity contribution in [2.24, 2.45) is 0 Å². The van der Waals surface area contributed by atoms with E-state index in [0.717, 1.165) is 18.4 Å². The number of carbonyl (C=O) groups excluding carboxylic acids is 2. The number of hydrogen-bond donors (Lipinski definition) is 2. The summed E-state index contributed by atoms with van der Waals surface area (Å²) in [6, 6.07) is 14.8. The van der Waals surface area contributed by atoms with Gasteiger partial charge < -0.3 is 15.4 Å². The highest BCUT2D eigenvalue weighted by molar-refractivity contribution is 7.99. The first-order chi connectivity index (χ1) is 16.1. The van der Waals surface area contributed by atoms with Gasteiger partial charge in [0.1, 0.15) is 5.75 Å². The third-order valence-electron chi connectivity index (χ3n) is 5.07. The van der Waals surface area contributed by atoms with Crippen molar-refractivity contribution in [3.05, 3.63) is 66.7 Å². The number of allylic oxidation sites excluding steroid dienone is 1. The minimum Gasteiger partial charge on any atom is -0.496 e. The Labute approximate surface area is 196 Å². The summed E-state index contributed by atoms with van der Waals surface area (Å²) in [5, 5.41) is 15.0. The number of benzene rings is 2. The van der Waals surface area contributed by atoms with Crippen LogP contribution in [-0.2, 0) is 11.3 Å². The van der Waals surface area contributed by atoms with E-state index in [1.165, 1.54) is 11.8 Å². The fourth-order valence-electron chi connectivity index (χ4n) is 3.32. The van der Waals surface area contributed by atoms with E-state index in [-0.39, 0.29) is 23.6 Å². The second-order valence-corrected chi connectivity index (χ2v) is 8.48. The first-order valence-electron chi connectivity index (χ1n) is 10.6. The molecule has 1 heterocycles.